The molecule has 20 heavy (non-hydrogen) atoms. The predicted molar refractivity (Wildman–Crippen MR) is 83.1 cm³/mol. The first kappa shape index (κ1) is 16.0. The maximum atomic E-state index is 14.5. The molecule has 0 spiro atoms. The highest BCUT2D eigenvalue weighted by Gasteiger charge is 2.36. The first-order chi connectivity index (χ1) is 9.32. The minimum Gasteiger partial charge on any atom is -0.314 e. The Kier molecular flexibility index (Phi) is 4.96. The second-order valence-corrected chi connectivity index (χ2v) is 7.13. The van der Waals surface area contributed by atoms with Crippen LogP contribution in [0.1, 0.15) is 32.4 Å². The van der Waals surface area contributed by atoms with E-state index in [0.29, 0.717) is 10.6 Å². The molecule has 5 heteroatoms. The monoisotopic (exact) mass is 318 g/mol. The third-order valence-electron chi connectivity index (χ3n) is 3.69. The minimum absolute atomic E-state index is 0.0872. The van der Waals surface area contributed by atoms with E-state index < -0.39 is 5.82 Å². The molecule has 112 valence electrons. The molecule has 2 rings (SSSR count). The van der Waals surface area contributed by atoms with Crippen molar-refractivity contribution in [1.29, 1.82) is 0 Å². The van der Waals surface area contributed by atoms with Crippen LogP contribution >= 0.6 is 23.2 Å². The molecule has 1 atom stereocenters. The molecule has 1 aromatic carbocycles. The van der Waals surface area contributed by atoms with Crippen LogP contribution in [-0.2, 0) is 0 Å². The molecule has 0 unspecified atom stereocenters. The lowest BCUT2D eigenvalue weighted by molar-refractivity contribution is 0.0835. The van der Waals surface area contributed by atoms with Crippen LogP contribution in [0, 0.1) is 11.2 Å². The Morgan fingerprint density at radius 3 is 2.25 bits per heavy atom. The highest BCUT2D eigenvalue weighted by Crippen LogP contribution is 2.43. The average Bonchev–Trinajstić information content (AvgIpc) is 2.39. The summed E-state index contributed by atoms with van der Waals surface area (Å²) in [7, 11) is 0. The maximum absolute atomic E-state index is 14.5. The van der Waals surface area contributed by atoms with Gasteiger partial charge in [-0.2, -0.15) is 0 Å². The van der Waals surface area contributed by atoms with Gasteiger partial charge in [-0.05, 0) is 17.5 Å². The molecule has 0 bridgehead atoms. The van der Waals surface area contributed by atoms with Crippen LogP contribution in [-0.4, -0.2) is 31.1 Å². The third-order valence-corrected chi connectivity index (χ3v) is 4.31. The molecule has 0 aromatic heterocycles. The Morgan fingerprint density at radius 1 is 1.15 bits per heavy atom. The van der Waals surface area contributed by atoms with Crippen LogP contribution in [0.15, 0.2) is 12.1 Å². The van der Waals surface area contributed by atoms with Gasteiger partial charge >= 0.3 is 0 Å². The zero-order valence-electron chi connectivity index (χ0n) is 12.1. The van der Waals surface area contributed by atoms with Crippen LogP contribution < -0.4 is 5.32 Å². The molecule has 1 aliphatic heterocycles. The first-order valence-electron chi connectivity index (χ1n) is 6.90. The number of hydrogen-bond acceptors (Lipinski definition) is 2. The number of benzene rings is 1. The van der Waals surface area contributed by atoms with Crippen molar-refractivity contribution in [2.75, 3.05) is 26.2 Å². The smallest absolute Gasteiger partial charge is 0.148 e. The fourth-order valence-corrected chi connectivity index (χ4v) is 3.31. The van der Waals surface area contributed by atoms with Crippen molar-refractivity contribution in [3.05, 3.63) is 33.6 Å². The molecule has 1 fully saturated rings. The van der Waals surface area contributed by atoms with E-state index in [2.05, 4.69) is 31.0 Å². The summed E-state index contributed by atoms with van der Waals surface area (Å²) < 4.78 is 14.5. The molecule has 1 saturated heterocycles. The summed E-state index contributed by atoms with van der Waals surface area (Å²) in [6.45, 7) is 9.90. The molecule has 1 aromatic rings. The number of piperazine rings is 1. The zero-order valence-corrected chi connectivity index (χ0v) is 13.7. The van der Waals surface area contributed by atoms with Crippen molar-refractivity contribution < 1.29 is 4.39 Å². The standard InChI is InChI=1S/C15H21Cl2FN2/c1-15(2,3)14(20-8-6-19-7-9-20)12-10(16)4-5-11(17)13(12)18/h4-5,14,19H,6-9H2,1-3H3/t14-/m0/s1. The summed E-state index contributed by atoms with van der Waals surface area (Å²) in [5.41, 5.74) is 0.389. The van der Waals surface area contributed by atoms with E-state index >= 15 is 0 Å². The van der Waals surface area contributed by atoms with E-state index in [9.17, 15) is 4.39 Å². The Balaban J connectivity index is 2.49. The van der Waals surface area contributed by atoms with Crippen molar-refractivity contribution in [2.24, 2.45) is 5.41 Å². The Hall–Kier alpha value is -0.350. The molecular weight excluding hydrogens is 298 g/mol. The van der Waals surface area contributed by atoms with E-state index in [4.69, 9.17) is 23.2 Å². The quantitative estimate of drug-likeness (QED) is 0.825. The normalized spacial score (nSPS) is 19.1. The van der Waals surface area contributed by atoms with Gasteiger partial charge in [-0.25, -0.2) is 4.39 Å². The van der Waals surface area contributed by atoms with Crippen LogP contribution in [0.5, 0.6) is 0 Å². The van der Waals surface area contributed by atoms with Crippen molar-refractivity contribution in [3.8, 4) is 0 Å². The number of rotatable bonds is 2. The maximum Gasteiger partial charge on any atom is 0.148 e. The number of nitrogens with zero attached hydrogens (tertiary/aromatic N) is 1. The molecule has 2 nitrogen and oxygen atoms in total. The lowest BCUT2D eigenvalue weighted by atomic mass is 9.80. The largest absolute Gasteiger partial charge is 0.314 e. The molecule has 0 amide bonds. The van der Waals surface area contributed by atoms with Crippen molar-refractivity contribution >= 4 is 23.2 Å². The van der Waals surface area contributed by atoms with Gasteiger partial charge < -0.3 is 5.32 Å². The van der Waals surface area contributed by atoms with Crippen molar-refractivity contribution in [1.82, 2.24) is 10.2 Å². The second-order valence-electron chi connectivity index (χ2n) is 6.31. The van der Waals surface area contributed by atoms with Gasteiger partial charge in [-0.1, -0.05) is 44.0 Å². The molecule has 1 heterocycles. The number of nitrogens with one attached hydrogen (secondary N) is 1. The van der Waals surface area contributed by atoms with Crippen LogP contribution in [0.25, 0.3) is 0 Å². The van der Waals surface area contributed by atoms with Gasteiger partial charge in [-0.15, -0.1) is 0 Å². The van der Waals surface area contributed by atoms with E-state index in [0.717, 1.165) is 26.2 Å². The highest BCUT2D eigenvalue weighted by atomic mass is 35.5. The van der Waals surface area contributed by atoms with E-state index in [1.54, 1.807) is 6.07 Å². The van der Waals surface area contributed by atoms with Gasteiger partial charge in [0.2, 0.25) is 0 Å². The van der Waals surface area contributed by atoms with E-state index in [1.165, 1.54) is 6.07 Å². The zero-order chi connectivity index (χ0) is 14.9. The third kappa shape index (κ3) is 3.28. The van der Waals surface area contributed by atoms with E-state index in [1.807, 2.05) is 0 Å². The fraction of sp³-hybridized carbons (Fsp3) is 0.600. The van der Waals surface area contributed by atoms with Crippen LogP contribution in [0.2, 0.25) is 10.0 Å². The van der Waals surface area contributed by atoms with Gasteiger partial charge in [0, 0.05) is 42.8 Å². The van der Waals surface area contributed by atoms with Crippen LogP contribution in [0.4, 0.5) is 4.39 Å². The molecule has 1 aliphatic rings. The summed E-state index contributed by atoms with van der Waals surface area (Å²) in [4.78, 5) is 2.29. The van der Waals surface area contributed by atoms with Gasteiger partial charge in [0.05, 0.1) is 5.02 Å². The number of hydrogen-bond donors (Lipinski definition) is 1. The predicted octanol–water partition coefficient (Wildman–Crippen LogP) is 4.12. The molecule has 1 N–H and O–H groups in total. The molecule has 0 saturated carbocycles. The Labute approximate surface area is 130 Å². The molecular formula is C15H21Cl2FN2. The summed E-state index contributed by atoms with van der Waals surface area (Å²) in [6.07, 6.45) is 0. The lowest BCUT2D eigenvalue weighted by Gasteiger charge is -2.43. The van der Waals surface area contributed by atoms with Gasteiger partial charge in [0.1, 0.15) is 5.82 Å². The minimum atomic E-state index is -0.391. The highest BCUT2D eigenvalue weighted by molar-refractivity contribution is 6.33. The van der Waals surface area contributed by atoms with E-state index in [-0.39, 0.29) is 16.5 Å². The number of halogens is 3. The SMILES string of the molecule is CC(C)(C)[C@H](c1c(Cl)ccc(Cl)c1F)N1CCNCC1. The molecule has 0 aliphatic carbocycles. The molecule has 0 radical (unpaired) electrons. The summed E-state index contributed by atoms with van der Waals surface area (Å²) in [5.74, 6) is -0.391. The van der Waals surface area contributed by atoms with Gasteiger partial charge in [-0.3, -0.25) is 4.90 Å². The fourth-order valence-electron chi connectivity index (χ4n) is 2.90. The average molecular weight is 319 g/mol. The lowest BCUT2D eigenvalue weighted by Crippen LogP contribution is -2.48. The summed E-state index contributed by atoms with van der Waals surface area (Å²) in [5, 5.41) is 3.90. The second kappa shape index (κ2) is 6.18. The Morgan fingerprint density at radius 2 is 1.70 bits per heavy atom. The van der Waals surface area contributed by atoms with Crippen LogP contribution in [0.3, 0.4) is 0 Å². The van der Waals surface area contributed by atoms with Crippen molar-refractivity contribution in [2.45, 2.75) is 26.8 Å². The van der Waals surface area contributed by atoms with Gasteiger partial charge in [0.15, 0.2) is 0 Å². The van der Waals surface area contributed by atoms with Crippen molar-refractivity contribution in [3.63, 3.8) is 0 Å². The topological polar surface area (TPSA) is 15.3 Å². The summed E-state index contributed by atoms with van der Waals surface area (Å²) >= 11 is 12.2. The summed E-state index contributed by atoms with van der Waals surface area (Å²) in [6, 6.07) is 3.11. The Bertz CT molecular complexity index is 479. The first-order valence-corrected chi connectivity index (χ1v) is 7.66. The van der Waals surface area contributed by atoms with Gasteiger partial charge in [0.25, 0.3) is 0 Å².